The molecule has 1 aromatic heterocycles. The second-order valence-electron chi connectivity index (χ2n) is 7.46. The number of carbonyl (C=O) groups excluding carboxylic acids is 1. The first-order chi connectivity index (χ1) is 15.4. The minimum Gasteiger partial charge on any atom is -0.495 e. The molecule has 8 nitrogen and oxygen atoms in total. The van der Waals surface area contributed by atoms with Crippen LogP contribution in [-0.4, -0.2) is 35.8 Å². The largest absolute Gasteiger partial charge is 0.495 e. The van der Waals surface area contributed by atoms with Crippen LogP contribution in [0, 0.1) is 13.8 Å². The highest BCUT2D eigenvalue weighted by atomic mass is 16.5. The van der Waals surface area contributed by atoms with Crippen LogP contribution in [0.1, 0.15) is 29.4 Å². The molecule has 3 rings (SSSR count). The van der Waals surface area contributed by atoms with Crippen LogP contribution in [0.3, 0.4) is 0 Å². The predicted molar refractivity (Wildman–Crippen MR) is 127 cm³/mol. The number of aryl methyl sites for hydroxylation is 2. The first-order valence-corrected chi connectivity index (χ1v) is 10.4. The van der Waals surface area contributed by atoms with Crippen molar-refractivity contribution in [3.8, 4) is 11.4 Å². The molecule has 0 aliphatic heterocycles. The van der Waals surface area contributed by atoms with Gasteiger partial charge in [0.2, 0.25) is 5.91 Å². The molecule has 0 saturated carbocycles. The number of nitrogens with zero attached hydrogens (tertiary/aromatic N) is 3. The number of para-hydroxylation sites is 1. The molecule has 0 atom stereocenters. The van der Waals surface area contributed by atoms with Crippen LogP contribution in [0.15, 0.2) is 53.5 Å². The molecule has 0 bridgehead atoms. The van der Waals surface area contributed by atoms with Gasteiger partial charge in [-0.25, -0.2) is 4.68 Å². The van der Waals surface area contributed by atoms with Gasteiger partial charge < -0.3 is 20.7 Å². The molecule has 0 radical (unpaired) electrons. The Labute approximate surface area is 188 Å². The highest BCUT2D eigenvalue weighted by molar-refractivity contribution is 5.90. The lowest BCUT2D eigenvalue weighted by atomic mass is 10.1. The number of ether oxygens (including phenoxy) is 1. The first-order valence-electron chi connectivity index (χ1n) is 10.4. The van der Waals surface area contributed by atoms with Crippen LogP contribution in [0.2, 0.25) is 0 Å². The van der Waals surface area contributed by atoms with Crippen molar-refractivity contribution < 1.29 is 9.53 Å². The Morgan fingerprint density at radius 3 is 2.50 bits per heavy atom. The van der Waals surface area contributed by atoms with E-state index < -0.39 is 0 Å². The average molecular weight is 435 g/mol. The van der Waals surface area contributed by atoms with Gasteiger partial charge in [-0.2, -0.15) is 5.10 Å². The standard InChI is InChI=1S/C24H30N6O2/c1-16-12-17(2)30(29-16)22-9-7-6-8-20(22)15-27-24(25-4)26-14-19-10-11-23(32-5)21(13-19)28-18(3)31/h6-13H,14-15H2,1-5H3,(H,28,31)(H2,25,26,27). The van der Waals surface area contributed by atoms with E-state index in [2.05, 4.69) is 51.2 Å². The maximum Gasteiger partial charge on any atom is 0.221 e. The first kappa shape index (κ1) is 22.9. The summed E-state index contributed by atoms with van der Waals surface area (Å²) in [7, 11) is 3.31. The quantitative estimate of drug-likeness (QED) is 0.392. The molecule has 0 unspecified atom stereocenters. The SMILES string of the molecule is CN=C(NCc1ccc(OC)c(NC(C)=O)c1)NCc1ccccc1-n1nc(C)cc1C. The van der Waals surface area contributed by atoms with Gasteiger partial charge in [0, 0.05) is 32.8 Å². The summed E-state index contributed by atoms with van der Waals surface area (Å²) in [6.45, 7) is 6.64. The fourth-order valence-corrected chi connectivity index (χ4v) is 3.48. The van der Waals surface area contributed by atoms with E-state index in [4.69, 9.17) is 4.74 Å². The van der Waals surface area contributed by atoms with E-state index in [1.807, 2.05) is 41.9 Å². The lowest BCUT2D eigenvalue weighted by Gasteiger charge is -2.16. The maximum absolute atomic E-state index is 11.5. The fraction of sp³-hybridized carbons (Fsp3) is 0.292. The number of methoxy groups -OCH3 is 1. The average Bonchev–Trinajstić information content (AvgIpc) is 3.11. The van der Waals surface area contributed by atoms with E-state index in [9.17, 15) is 4.79 Å². The number of hydrogen-bond acceptors (Lipinski definition) is 4. The molecule has 0 aliphatic carbocycles. The monoisotopic (exact) mass is 434 g/mol. The second-order valence-corrected chi connectivity index (χ2v) is 7.46. The van der Waals surface area contributed by atoms with Gasteiger partial charge in [0.15, 0.2) is 5.96 Å². The molecule has 1 heterocycles. The molecule has 168 valence electrons. The number of carbonyl (C=O) groups is 1. The van der Waals surface area contributed by atoms with Gasteiger partial charge in [0.1, 0.15) is 5.75 Å². The molecule has 2 aromatic carbocycles. The number of anilines is 1. The molecular weight excluding hydrogens is 404 g/mol. The third-order valence-electron chi connectivity index (χ3n) is 4.93. The summed E-state index contributed by atoms with van der Waals surface area (Å²) in [5, 5.41) is 14.1. The third-order valence-corrected chi connectivity index (χ3v) is 4.93. The van der Waals surface area contributed by atoms with E-state index in [1.54, 1.807) is 14.2 Å². The summed E-state index contributed by atoms with van der Waals surface area (Å²) >= 11 is 0. The lowest BCUT2D eigenvalue weighted by Crippen LogP contribution is -2.36. The number of guanidine groups is 1. The maximum atomic E-state index is 11.5. The van der Waals surface area contributed by atoms with Crippen molar-refractivity contribution in [2.75, 3.05) is 19.5 Å². The van der Waals surface area contributed by atoms with Gasteiger partial charge in [-0.15, -0.1) is 0 Å². The number of benzene rings is 2. The molecule has 8 heteroatoms. The number of amides is 1. The van der Waals surface area contributed by atoms with Crippen molar-refractivity contribution in [1.82, 2.24) is 20.4 Å². The van der Waals surface area contributed by atoms with Crippen LogP contribution in [0.4, 0.5) is 5.69 Å². The fourth-order valence-electron chi connectivity index (χ4n) is 3.48. The lowest BCUT2D eigenvalue weighted by molar-refractivity contribution is -0.114. The summed E-state index contributed by atoms with van der Waals surface area (Å²) in [6, 6.07) is 15.9. The molecule has 0 aliphatic rings. The normalized spacial score (nSPS) is 11.2. The van der Waals surface area contributed by atoms with Crippen molar-refractivity contribution in [3.63, 3.8) is 0 Å². The molecule has 0 saturated heterocycles. The Hall–Kier alpha value is -3.81. The summed E-state index contributed by atoms with van der Waals surface area (Å²) in [5.74, 6) is 1.14. The van der Waals surface area contributed by atoms with Crippen molar-refractivity contribution in [3.05, 3.63) is 71.0 Å². The Bertz CT molecular complexity index is 1120. The van der Waals surface area contributed by atoms with E-state index in [-0.39, 0.29) is 5.91 Å². The molecule has 0 fully saturated rings. The van der Waals surface area contributed by atoms with E-state index >= 15 is 0 Å². The van der Waals surface area contributed by atoms with Gasteiger partial charge in [0.25, 0.3) is 0 Å². The van der Waals surface area contributed by atoms with Crippen molar-refractivity contribution in [1.29, 1.82) is 0 Å². The van der Waals surface area contributed by atoms with Crippen molar-refractivity contribution >= 4 is 17.6 Å². The topological polar surface area (TPSA) is 92.6 Å². The zero-order chi connectivity index (χ0) is 23.1. The predicted octanol–water partition coefficient (Wildman–Crippen LogP) is 3.32. The van der Waals surface area contributed by atoms with Crippen LogP contribution in [-0.2, 0) is 17.9 Å². The molecular formula is C24H30N6O2. The summed E-state index contributed by atoms with van der Waals surface area (Å²) in [6.07, 6.45) is 0. The highest BCUT2D eigenvalue weighted by Gasteiger charge is 2.10. The summed E-state index contributed by atoms with van der Waals surface area (Å²) in [4.78, 5) is 15.8. The zero-order valence-electron chi connectivity index (χ0n) is 19.2. The minimum absolute atomic E-state index is 0.146. The second kappa shape index (κ2) is 10.5. The van der Waals surface area contributed by atoms with Crippen LogP contribution in [0.25, 0.3) is 5.69 Å². The molecule has 3 N–H and O–H groups in total. The van der Waals surface area contributed by atoms with Crippen LogP contribution in [0.5, 0.6) is 5.75 Å². The molecule has 3 aromatic rings. The van der Waals surface area contributed by atoms with Gasteiger partial charge in [0.05, 0.1) is 24.2 Å². The number of aliphatic imine (C=N–C) groups is 1. The smallest absolute Gasteiger partial charge is 0.221 e. The Morgan fingerprint density at radius 1 is 1.09 bits per heavy atom. The van der Waals surface area contributed by atoms with Crippen molar-refractivity contribution in [2.24, 2.45) is 4.99 Å². The number of nitrogens with one attached hydrogen (secondary N) is 3. The zero-order valence-corrected chi connectivity index (χ0v) is 19.2. The van der Waals surface area contributed by atoms with E-state index in [0.29, 0.717) is 30.5 Å². The Balaban J connectivity index is 1.67. The molecule has 32 heavy (non-hydrogen) atoms. The van der Waals surface area contributed by atoms with Gasteiger partial charge in [-0.05, 0) is 49.2 Å². The van der Waals surface area contributed by atoms with Crippen LogP contribution >= 0.6 is 0 Å². The van der Waals surface area contributed by atoms with Gasteiger partial charge >= 0.3 is 0 Å². The van der Waals surface area contributed by atoms with Gasteiger partial charge in [-0.3, -0.25) is 9.79 Å². The minimum atomic E-state index is -0.146. The molecule has 1 amide bonds. The third kappa shape index (κ3) is 5.66. The van der Waals surface area contributed by atoms with E-state index in [1.165, 1.54) is 6.92 Å². The number of hydrogen-bond donors (Lipinski definition) is 3. The van der Waals surface area contributed by atoms with Crippen molar-refractivity contribution in [2.45, 2.75) is 33.9 Å². The Kier molecular flexibility index (Phi) is 7.49. The summed E-state index contributed by atoms with van der Waals surface area (Å²) < 4.78 is 7.28. The number of rotatable bonds is 7. The van der Waals surface area contributed by atoms with Crippen LogP contribution < -0.4 is 20.7 Å². The van der Waals surface area contributed by atoms with Gasteiger partial charge in [-0.1, -0.05) is 24.3 Å². The van der Waals surface area contributed by atoms with E-state index in [0.717, 1.165) is 28.2 Å². The Morgan fingerprint density at radius 2 is 1.84 bits per heavy atom. The highest BCUT2D eigenvalue weighted by Crippen LogP contribution is 2.25. The molecule has 0 spiro atoms. The number of aromatic nitrogens is 2. The summed E-state index contributed by atoms with van der Waals surface area (Å²) in [5.41, 5.74) is 5.85.